The molecule has 1 aliphatic rings. The Bertz CT molecular complexity index is 1370. The number of amides is 2. The van der Waals surface area contributed by atoms with Crippen molar-refractivity contribution in [3.05, 3.63) is 89.5 Å². The predicted octanol–water partition coefficient (Wildman–Crippen LogP) is 4.91. The molecule has 0 bridgehead atoms. The highest BCUT2D eigenvalue weighted by Gasteiger charge is 2.40. The maximum absolute atomic E-state index is 13.5. The lowest BCUT2D eigenvalue weighted by atomic mass is 9.93. The lowest BCUT2D eigenvalue weighted by molar-refractivity contribution is -0.122. The quantitative estimate of drug-likeness (QED) is 0.417. The van der Waals surface area contributed by atoms with E-state index < -0.39 is 6.04 Å². The van der Waals surface area contributed by atoms with Crippen molar-refractivity contribution >= 4 is 22.7 Å². The molecule has 172 valence electrons. The Hall–Kier alpha value is -4.06. The van der Waals surface area contributed by atoms with Crippen molar-refractivity contribution in [3.8, 4) is 17.0 Å². The maximum Gasteiger partial charge on any atom is 0.255 e. The molecule has 6 nitrogen and oxygen atoms in total. The Kier molecular flexibility index (Phi) is 5.80. The molecule has 1 atom stereocenters. The summed E-state index contributed by atoms with van der Waals surface area (Å²) in [5, 5.41) is 3.94. The summed E-state index contributed by atoms with van der Waals surface area (Å²) < 4.78 is 5.47. The molecular formula is C28H27N3O3. The number of rotatable bonds is 7. The lowest BCUT2D eigenvalue weighted by Crippen LogP contribution is -2.39. The number of nitrogens with zero attached hydrogens (tertiary/aromatic N) is 1. The summed E-state index contributed by atoms with van der Waals surface area (Å²) in [6.07, 6.45) is 0.839. The predicted molar refractivity (Wildman–Crippen MR) is 133 cm³/mol. The van der Waals surface area contributed by atoms with Gasteiger partial charge in [0.25, 0.3) is 5.91 Å². The van der Waals surface area contributed by atoms with Gasteiger partial charge in [0, 0.05) is 34.1 Å². The van der Waals surface area contributed by atoms with Crippen LogP contribution in [0.1, 0.15) is 40.9 Å². The molecule has 0 unspecified atom stereocenters. The van der Waals surface area contributed by atoms with Gasteiger partial charge in [0.1, 0.15) is 12.3 Å². The number of aromatic amines is 1. The van der Waals surface area contributed by atoms with Crippen LogP contribution in [0.3, 0.4) is 0 Å². The number of hydrogen-bond acceptors (Lipinski definition) is 3. The number of carbonyl (C=O) groups excluding carboxylic acids is 2. The third kappa shape index (κ3) is 3.71. The molecule has 0 saturated heterocycles. The van der Waals surface area contributed by atoms with E-state index in [4.69, 9.17) is 4.74 Å². The number of ether oxygens (including phenoxy) is 1. The van der Waals surface area contributed by atoms with Crippen LogP contribution in [-0.2, 0) is 4.79 Å². The van der Waals surface area contributed by atoms with Gasteiger partial charge in [0.15, 0.2) is 0 Å². The summed E-state index contributed by atoms with van der Waals surface area (Å²) in [5.41, 5.74) is 5.36. The SMILES string of the molecule is CCCNC(=O)CN1C(=O)c2ccccc2[C@H]1c1c(-c2cccc(OC)c2)[nH]c2ccccc12. The monoisotopic (exact) mass is 453 g/mol. The molecule has 6 heteroatoms. The van der Waals surface area contributed by atoms with Crippen molar-refractivity contribution in [1.82, 2.24) is 15.2 Å². The van der Waals surface area contributed by atoms with E-state index in [0.717, 1.165) is 45.5 Å². The highest BCUT2D eigenvalue weighted by molar-refractivity contribution is 6.03. The normalized spacial score (nSPS) is 14.9. The van der Waals surface area contributed by atoms with Crippen molar-refractivity contribution < 1.29 is 14.3 Å². The first-order valence-electron chi connectivity index (χ1n) is 11.5. The van der Waals surface area contributed by atoms with Gasteiger partial charge in [-0.15, -0.1) is 0 Å². The zero-order valence-electron chi connectivity index (χ0n) is 19.3. The van der Waals surface area contributed by atoms with Crippen molar-refractivity contribution in [2.75, 3.05) is 20.2 Å². The van der Waals surface area contributed by atoms with Gasteiger partial charge in [0.05, 0.1) is 18.8 Å². The summed E-state index contributed by atoms with van der Waals surface area (Å²) in [6, 6.07) is 23.2. The third-order valence-corrected chi connectivity index (χ3v) is 6.32. The Morgan fingerprint density at radius 2 is 1.85 bits per heavy atom. The van der Waals surface area contributed by atoms with Crippen molar-refractivity contribution in [2.45, 2.75) is 19.4 Å². The van der Waals surface area contributed by atoms with Gasteiger partial charge in [-0.1, -0.05) is 55.5 Å². The molecule has 2 heterocycles. The molecule has 4 aromatic rings. The second kappa shape index (κ2) is 9.06. The fourth-order valence-electron chi connectivity index (χ4n) is 4.77. The number of nitrogens with one attached hydrogen (secondary N) is 2. The standard InChI is InChI=1S/C28H27N3O3/c1-3-15-29-24(32)17-31-27(20-11-4-5-12-21(20)28(31)33)25-22-13-6-7-14-23(22)30-26(25)18-9-8-10-19(16-18)34-2/h4-14,16,27,30H,3,15,17H2,1-2H3,(H,29,32)/t27-/m0/s1. The highest BCUT2D eigenvalue weighted by atomic mass is 16.5. The van der Waals surface area contributed by atoms with Gasteiger partial charge in [0.2, 0.25) is 5.91 Å². The van der Waals surface area contributed by atoms with E-state index in [1.807, 2.05) is 73.7 Å². The smallest absolute Gasteiger partial charge is 0.255 e. The molecule has 0 spiro atoms. The molecule has 5 rings (SSSR count). The van der Waals surface area contributed by atoms with E-state index in [-0.39, 0.29) is 18.4 Å². The highest BCUT2D eigenvalue weighted by Crippen LogP contribution is 2.45. The number of aromatic nitrogens is 1. The molecule has 34 heavy (non-hydrogen) atoms. The number of carbonyl (C=O) groups is 2. The molecular weight excluding hydrogens is 426 g/mol. The van der Waals surface area contributed by atoms with E-state index in [9.17, 15) is 9.59 Å². The average Bonchev–Trinajstić information content (AvgIpc) is 3.38. The Morgan fingerprint density at radius 1 is 1.06 bits per heavy atom. The van der Waals surface area contributed by atoms with Gasteiger partial charge in [-0.2, -0.15) is 0 Å². The second-order valence-electron chi connectivity index (χ2n) is 8.46. The van der Waals surface area contributed by atoms with Crippen LogP contribution in [0.25, 0.3) is 22.2 Å². The molecule has 2 amide bonds. The number of H-pyrrole nitrogens is 1. The minimum atomic E-state index is -0.395. The zero-order chi connectivity index (χ0) is 23.7. The Labute approximate surface area is 198 Å². The molecule has 1 aliphatic heterocycles. The van der Waals surface area contributed by atoms with Crippen molar-refractivity contribution in [1.29, 1.82) is 0 Å². The summed E-state index contributed by atoms with van der Waals surface area (Å²) in [6.45, 7) is 2.59. The van der Waals surface area contributed by atoms with Crippen LogP contribution in [-0.4, -0.2) is 41.9 Å². The van der Waals surface area contributed by atoms with Crippen LogP contribution in [0.2, 0.25) is 0 Å². The topological polar surface area (TPSA) is 74.4 Å². The molecule has 0 fully saturated rings. The minimum Gasteiger partial charge on any atom is -0.497 e. The van der Waals surface area contributed by atoms with Crippen LogP contribution in [0.15, 0.2) is 72.8 Å². The van der Waals surface area contributed by atoms with Crippen LogP contribution < -0.4 is 10.1 Å². The molecule has 0 radical (unpaired) electrons. The first kappa shape index (κ1) is 21.8. The van der Waals surface area contributed by atoms with Gasteiger partial charge in [-0.25, -0.2) is 0 Å². The summed E-state index contributed by atoms with van der Waals surface area (Å²) >= 11 is 0. The van der Waals surface area contributed by atoms with Crippen LogP contribution in [0.4, 0.5) is 0 Å². The van der Waals surface area contributed by atoms with Gasteiger partial charge in [-0.3, -0.25) is 9.59 Å². The fraction of sp³-hybridized carbons (Fsp3) is 0.214. The third-order valence-electron chi connectivity index (χ3n) is 6.32. The van der Waals surface area contributed by atoms with Gasteiger partial charge < -0.3 is 19.9 Å². The number of fused-ring (bicyclic) bond motifs is 2. The largest absolute Gasteiger partial charge is 0.497 e. The molecule has 0 aliphatic carbocycles. The first-order valence-corrected chi connectivity index (χ1v) is 11.5. The minimum absolute atomic E-state index is 0.00472. The van der Waals surface area contributed by atoms with Gasteiger partial charge >= 0.3 is 0 Å². The van der Waals surface area contributed by atoms with Crippen molar-refractivity contribution in [3.63, 3.8) is 0 Å². The fourth-order valence-corrected chi connectivity index (χ4v) is 4.77. The van der Waals surface area contributed by atoms with E-state index >= 15 is 0 Å². The van der Waals surface area contributed by atoms with Gasteiger partial charge in [-0.05, 0) is 36.2 Å². The van der Waals surface area contributed by atoms with Crippen molar-refractivity contribution in [2.24, 2.45) is 0 Å². The number of hydrogen-bond donors (Lipinski definition) is 2. The molecule has 3 aromatic carbocycles. The van der Waals surface area contributed by atoms with Crippen LogP contribution in [0.5, 0.6) is 5.75 Å². The Morgan fingerprint density at radius 3 is 2.68 bits per heavy atom. The van der Waals surface area contributed by atoms with E-state index in [1.165, 1.54) is 0 Å². The number of methoxy groups -OCH3 is 1. The average molecular weight is 454 g/mol. The van der Waals surface area contributed by atoms with E-state index in [1.54, 1.807) is 12.0 Å². The second-order valence-corrected chi connectivity index (χ2v) is 8.46. The van der Waals surface area contributed by atoms with E-state index in [0.29, 0.717) is 12.1 Å². The summed E-state index contributed by atoms with van der Waals surface area (Å²) in [7, 11) is 1.65. The molecule has 1 aromatic heterocycles. The molecule has 2 N–H and O–H groups in total. The Balaban J connectivity index is 1.71. The maximum atomic E-state index is 13.5. The lowest BCUT2D eigenvalue weighted by Gasteiger charge is -2.26. The first-order chi connectivity index (χ1) is 16.6. The van der Waals surface area contributed by atoms with Crippen LogP contribution >= 0.6 is 0 Å². The summed E-state index contributed by atoms with van der Waals surface area (Å²) in [4.78, 5) is 31.5. The summed E-state index contributed by atoms with van der Waals surface area (Å²) in [5.74, 6) is 0.464. The number of benzene rings is 3. The molecule has 0 saturated carbocycles. The van der Waals surface area contributed by atoms with E-state index in [2.05, 4.69) is 16.4 Å². The van der Waals surface area contributed by atoms with Crippen LogP contribution in [0, 0.1) is 0 Å². The zero-order valence-corrected chi connectivity index (χ0v) is 19.3. The number of para-hydroxylation sites is 1.